The van der Waals surface area contributed by atoms with E-state index in [0.29, 0.717) is 11.3 Å². The summed E-state index contributed by atoms with van der Waals surface area (Å²) in [5.74, 6) is 0.319. The third-order valence-corrected chi connectivity index (χ3v) is 6.16. The van der Waals surface area contributed by atoms with Gasteiger partial charge in [0.15, 0.2) is 0 Å². The minimum absolute atomic E-state index is 0.258. The van der Waals surface area contributed by atoms with Gasteiger partial charge in [-0.05, 0) is 66.4 Å². The number of carbonyl (C=O) groups excluding carboxylic acids is 2. The summed E-state index contributed by atoms with van der Waals surface area (Å²) in [7, 11) is 0. The van der Waals surface area contributed by atoms with Crippen LogP contribution in [0.1, 0.15) is 33.9 Å². The number of aryl methyl sites for hydroxylation is 1. The molecule has 6 nitrogen and oxygen atoms in total. The Morgan fingerprint density at radius 3 is 2.58 bits per heavy atom. The van der Waals surface area contributed by atoms with E-state index in [1.165, 1.54) is 11.1 Å². The number of fused-ring (bicyclic) bond motifs is 2. The maximum atomic E-state index is 12.5. The van der Waals surface area contributed by atoms with E-state index in [0.717, 1.165) is 33.9 Å². The van der Waals surface area contributed by atoms with Crippen molar-refractivity contribution in [2.24, 2.45) is 0 Å². The van der Waals surface area contributed by atoms with Crippen molar-refractivity contribution < 1.29 is 9.59 Å². The van der Waals surface area contributed by atoms with Crippen LogP contribution in [0.2, 0.25) is 0 Å². The number of imide groups is 1. The Kier molecular flexibility index (Phi) is 5.71. The van der Waals surface area contributed by atoms with Crippen molar-refractivity contribution in [3.05, 3.63) is 102 Å². The summed E-state index contributed by atoms with van der Waals surface area (Å²) in [5.41, 5.74) is 4.47. The van der Waals surface area contributed by atoms with Gasteiger partial charge < -0.3 is 10.6 Å². The molecule has 1 aliphatic carbocycles. The molecule has 3 aromatic carbocycles. The van der Waals surface area contributed by atoms with Crippen LogP contribution in [-0.4, -0.2) is 21.2 Å². The number of pyridine rings is 1. The van der Waals surface area contributed by atoms with E-state index >= 15 is 0 Å². The fourth-order valence-electron chi connectivity index (χ4n) is 4.14. The molecule has 2 N–H and O–H groups in total. The molecule has 0 spiro atoms. The monoisotopic (exact) mass is 454 g/mol. The molecule has 0 aliphatic heterocycles. The van der Waals surface area contributed by atoms with Crippen LogP contribution in [0.4, 0.5) is 16.3 Å². The smallest absolute Gasteiger partial charge is 0.338 e. The normalized spacial score (nSPS) is 14.5. The van der Waals surface area contributed by atoms with Crippen LogP contribution in [0.25, 0.3) is 10.9 Å². The Labute approximate surface area is 197 Å². The average Bonchev–Trinajstić information content (AvgIpc) is 3.26. The quantitative estimate of drug-likeness (QED) is 0.338. The number of anilines is 2. The number of aromatic nitrogens is 1. The van der Waals surface area contributed by atoms with Gasteiger partial charge in [-0.25, -0.2) is 14.1 Å². The number of thiol groups is 1. The molecule has 0 bridgehead atoms. The molecule has 33 heavy (non-hydrogen) atoms. The standard InChI is InChI=1S/C26H22N4O2S/c31-25(18-7-2-1-3-8-18)30(33)26(32)27-20-12-14-22-19(16-20)11-15-24(28-22)29-23-13-10-17-6-4-5-9-21(17)23/h1-9,11-12,14-16,23,33H,10,13H2,(H,27,32)(H,28,29). The van der Waals surface area contributed by atoms with Crippen LogP contribution in [0.15, 0.2) is 84.9 Å². The van der Waals surface area contributed by atoms with Gasteiger partial charge in [-0.3, -0.25) is 4.79 Å². The lowest BCUT2D eigenvalue weighted by molar-refractivity contribution is 0.0902. The number of rotatable bonds is 4. The van der Waals surface area contributed by atoms with Crippen molar-refractivity contribution in [3.8, 4) is 0 Å². The zero-order valence-electron chi connectivity index (χ0n) is 17.7. The van der Waals surface area contributed by atoms with Crippen LogP contribution in [0.3, 0.4) is 0 Å². The van der Waals surface area contributed by atoms with E-state index in [-0.39, 0.29) is 6.04 Å². The number of hydrogen-bond donors (Lipinski definition) is 3. The topological polar surface area (TPSA) is 74.3 Å². The molecule has 1 unspecified atom stereocenters. The first-order valence-electron chi connectivity index (χ1n) is 10.7. The lowest BCUT2D eigenvalue weighted by atomic mass is 10.1. The van der Waals surface area contributed by atoms with Crippen LogP contribution < -0.4 is 10.6 Å². The highest BCUT2D eigenvalue weighted by Gasteiger charge is 2.22. The van der Waals surface area contributed by atoms with E-state index in [4.69, 9.17) is 4.98 Å². The van der Waals surface area contributed by atoms with Crippen molar-refractivity contribution in [3.63, 3.8) is 0 Å². The van der Waals surface area contributed by atoms with Gasteiger partial charge in [0.2, 0.25) is 0 Å². The molecule has 0 saturated heterocycles. The molecule has 164 valence electrons. The summed E-state index contributed by atoms with van der Waals surface area (Å²) in [6, 6.07) is 26.0. The van der Waals surface area contributed by atoms with Crippen LogP contribution in [0.5, 0.6) is 0 Å². The highest BCUT2D eigenvalue weighted by Crippen LogP contribution is 2.33. The van der Waals surface area contributed by atoms with Crippen LogP contribution in [-0.2, 0) is 6.42 Å². The molecule has 3 amide bonds. The Morgan fingerprint density at radius 1 is 0.939 bits per heavy atom. The Balaban J connectivity index is 1.28. The molecule has 0 fully saturated rings. The Hall–Kier alpha value is -3.84. The van der Waals surface area contributed by atoms with Crippen molar-refractivity contribution in [2.45, 2.75) is 18.9 Å². The second-order valence-corrected chi connectivity index (χ2v) is 8.35. The molecule has 0 radical (unpaired) electrons. The molecule has 1 heterocycles. The van der Waals surface area contributed by atoms with Crippen molar-refractivity contribution in [1.82, 2.24) is 9.29 Å². The lowest BCUT2D eigenvalue weighted by Gasteiger charge is -2.16. The summed E-state index contributed by atoms with van der Waals surface area (Å²) in [4.78, 5) is 29.7. The largest absolute Gasteiger partial charge is 0.363 e. The van der Waals surface area contributed by atoms with Crippen LogP contribution in [0, 0.1) is 0 Å². The minimum Gasteiger partial charge on any atom is -0.363 e. The molecule has 4 aromatic rings. The Bertz CT molecular complexity index is 1340. The van der Waals surface area contributed by atoms with Gasteiger partial charge in [-0.2, -0.15) is 0 Å². The van der Waals surface area contributed by atoms with Crippen molar-refractivity contribution >= 4 is 47.2 Å². The summed E-state index contributed by atoms with van der Waals surface area (Å²) in [6.45, 7) is 0. The van der Waals surface area contributed by atoms with Gasteiger partial charge in [0.1, 0.15) is 5.82 Å². The van der Waals surface area contributed by atoms with Gasteiger partial charge in [0.05, 0.1) is 11.6 Å². The first kappa shape index (κ1) is 21.0. The summed E-state index contributed by atoms with van der Waals surface area (Å²) < 4.78 is 0.768. The fraction of sp³-hybridized carbons (Fsp3) is 0.115. The maximum absolute atomic E-state index is 12.5. The molecule has 7 heteroatoms. The zero-order chi connectivity index (χ0) is 22.8. The van der Waals surface area contributed by atoms with Gasteiger partial charge in [-0.1, -0.05) is 55.3 Å². The number of hydrogen-bond acceptors (Lipinski definition) is 5. The number of benzene rings is 3. The summed E-state index contributed by atoms with van der Waals surface area (Å²) in [6.07, 6.45) is 2.12. The number of carbonyl (C=O) groups is 2. The van der Waals surface area contributed by atoms with Crippen molar-refractivity contribution in [2.75, 3.05) is 10.6 Å². The zero-order valence-corrected chi connectivity index (χ0v) is 18.6. The molecule has 0 saturated carbocycles. The summed E-state index contributed by atoms with van der Waals surface area (Å²) in [5, 5.41) is 7.14. The average molecular weight is 455 g/mol. The van der Waals surface area contributed by atoms with Crippen molar-refractivity contribution in [1.29, 1.82) is 0 Å². The maximum Gasteiger partial charge on any atom is 0.338 e. The van der Waals surface area contributed by atoms with E-state index in [1.807, 2.05) is 24.3 Å². The first-order valence-corrected chi connectivity index (χ1v) is 11.1. The second-order valence-electron chi connectivity index (χ2n) is 7.95. The predicted molar refractivity (Wildman–Crippen MR) is 133 cm³/mol. The van der Waals surface area contributed by atoms with E-state index in [1.54, 1.807) is 36.4 Å². The number of urea groups is 1. The minimum atomic E-state index is -0.627. The second kappa shape index (κ2) is 8.96. The molecule has 5 rings (SSSR count). The van der Waals surface area contributed by atoms with E-state index in [9.17, 15) is 9.59 Å². The lowest BCUT2D eigenvalue weighted by Crippen LogP contribution is -2.32. The van der Waals surface area contributed by atoms with Gasteiger partial charge in [0, 0.05) is 16.6 Å². The highest BCUT2D eigenvalue weighted by atomic mass is 32.1. The van der Waals surface area contributed by atoms with Gasteiger partial charge in [-0.15, -0.1) is 0 Å². The summed E-state index contributed by atoms with van der Waals surface area (Å²) >= 11 is 4.07. The van der Waals surface area contributed by atoms with E-state index < -0.39 is 11.9 Å². The molecular formula is C26H22N4O2S. The predicted octanol–water partition coefficient (Wildman–Crippen LogP) is 5.85. The SMILES string of the molecule is O=C(Nc1ccc2nc(NC3CCc4ccccc43)ccc2c1)N(S)C(=O)c1ccccc1. The molecular weight excluding hydrogens is 432 g/mol. The number of nitrogens with zero attached hydrogens (tertiary/aromatic N) is 2. The highest BCUT2D eigenvalue weighted by molar-refractivity contribution is 7.79. The van der Waals surface area contributed by atoms with Gasteiger partial charge in [0.25, 0.3) is 5.91 Å². The van der Waals surface area contributed by atoms with Gasteiger partial charge >= 0.3 is 6.03 Å². The van der Waals surface area contributed by atoms with E-state index in [2.05, 4.69) is 47.7 Å². The molecule has 1 atom stereocenters. The third kappa shape index (κ3) is 4.40. The molecule has 1 aromatic heterocycles. The number of nitrogens with one attached hydrogen (secondary N) is 2. The van der Waals surface area contributed by atoms with Crippen LogP contribution >= 0.6 is 12.8 Å². The first-order chi connectivity index (χ1) is 16.1. The number of amides is 3. The third-order valence-electron chi connectivity index (χ3n) is 5.80. The molecule has 1 aliphatic rings. The Morgan fingerprint density at radius 2 is 1.73 bits per heavy atom. The fourth-order valence-corrected chi connectivity index (χ4v) is 4.31.